The van der Waals surface area contributed by atoms with Gasteiger partial charge in [-0.3, -0.25) is 9.59 Å². The molecule has 27 heavy (non-hydrogen) atoms. The molecular formula is C22H27NO4. The largest absolute Gasteiger partial charge is 0.380 e. The van der Waals surface area contributed by atoms with Crippen LogP contribution >= 0.6 is 0 Å². The van der Waals surface area contributed by atoms with Crippen molar-refractivity contribution in [2.45, 2.75) is 58.3 Å². The van der Waals surface area contributed by atoms with E-state index < -0.39 is 17.2 Å². The van der Waals surface area contributed by atoms with E-state index in [2.05, 4.69) is 6.92 Å². The lowest BCUT2D eigenvalue weighted by molar-refractivity contribution is -0.133. The van der Waals surface area contributed by atoms with E-state index >= 15 is 0 Å². The van der Waals surface area contributed by atoms with Crippen LogP contribution in [0.3, 0.4) is 0 Å². The molecule has 1 fully saturated rings. The summed E-state index contributed by atoms with van der Waals surface area (Å²) in [4.78, 5) is 28.2. The summed E-state index contributed by atoms with van der Waals surface area (Å²) in [5, 5.41) is 11.2. The first-order chi connectivity index (χ1) is 12.8. The third kappa shape index (κ3) is 2.44. The monoisotopic (exact) mass is 369 g/mol. The van der Waals surface area contributed by atoms with E-state index in [1.165, 1.54) is 0 Å². The average Bonchev–Trinajstić information content (AvgIpc) is 3.20. The Bertz CT molecular complexity index is 844. The first-order valence-electron chi connectivity index (χ1n) is 9.84. The number of ketones is 2. The highest BCUT2D eigenvalue weighted by molar-refractivity contribution is 6.27. The van der Waals surface area contributed by atoms with Crippen molar-refractivity contribution in [3.63, 3.8) is 0 Å². The minimum Gasteiger partial charge on any atom is -0.380 e. The summed E-state index contributed by atoms with van der Waals surface area (Å²) in [6.45, 7) is 6.28. The highest BCUT2D eigenvalue weighted by atomic mass is 16.5. The van der Waals surface area contributed by atoms with Gasteiger partial charge in [-0.1, -0.05) is 31.5 Å². The van der Waals surface area contributed by atoms with E-state index in [0.717, 1.165) is 24.1 Å². The lowest BCUT2D eigenvalue weighted by atomic mass is 9.82. The summed E-state index contributed by atoms with van der Waals surface area (Å²) >= 11 is 0. The number of hydrogen-bond acceptors (Lipinski definition) is 5. The Balaban J connectivity index is 1.68. The van der Waals surface area contributed by atoms with Crippen LogP contribution < -0.4 is 4.90 Å². The Morgan fingerprint density at radius 2 is 2.00 bits per heavy atom. The Morgan fingerprint density at radius 3 is 2.74 bits per heavy atom. The SMILES string of the molecule is CCCCC1=C(C)C(=O)[C@@](C)(CN2c3ccccc3[C@]3(O)CCO[C@@H]23)C1=O. The van der Waals surface area contributed by atoms with Gasteiger partial charge < -0.3 is 14.7 Å². The number of hydrogen-bond donors (Lipinski definition) is 1. The Labute approximate surface area is 160 Å². The van der Waals surface area contributed by atoms with Gasteiger partial charge in [-0.2, -0.15) is 0 Å². The van der Waals surface area contributed by atoms with E-state index in [4.69, 9.17) is 4.74 Å². The molecule has 2 heterocycles. The molecule has 1 aliphatic carbocycles. The molecule has 144 valence electrons. The van der Waals surface area contributed by atoms with Crippen LogP contribution in [0, 0.1) is 5.41 Å². The smallest absolute Gasteiger partial charge is 0.174 e. The van der Waals surface area contributed by atoms with E-state index in [1.54, 1.807) is 13.8 Å². The standard InChI is InChI=1S/C22H27NO4/c1-4-5-8-15-14(2)18(24)21(3,19(15)25)13-23-17-10-7-6-9-16(17)22(26)11-12-27-20(22)23/h6-7,9-10,20,26H,4-5,8,11-13H2,1-3H3/t20-,21-,22-/m1/s1. The van der Waals surface area contributed by atoms with Crippen molar-refractivity contribution in [1.82, 2.24) is 0 Å². The molecule has 1 N–H and O–H groups in total. The van der Waals surface area contributed by atoms with Gasteiger partial charge in [-0.05, 0) is 38.3 Å². The minimum absolute atomic E-state index is 0.0654. The van der Waals surface area contributed by atoms with Crippen molar-refractivity contribution >= 4 is 17.3 Å². The molecule has 3 aliphatic rings. The fourth-order valence-electron chi connectivity index (χ4n) is 4.88. The van der Waals surface area contributed by atoms with E-state index in [-0.39, 0.29) is 18.1 Å². The molecule has 2 aliphatic heterocycles. The number of para-hydroxylation sites is 1. The lowest BCUT2D eigenvalue weighted by Gasteiger charge is -2.34. The lowest BCUT2D eigenvalue weighted by Crippen LogP contribution is -2.50. The van der Waals surface area contributed by atoms with Crippen LogP contribution in [0.4, 0.5) is 5.69 Å². The van der Waals surface area contributed by atoms with Crippen LogP contribution in [-0.2, 0) is 19.9 Å². The number of unbranched alkanes of at least 4 members (excludes halogenated alkanes) is 1. The molecule has 0 spiro atoms. The second kappa shape index (κ2) is 6.28. The molecule has 5 nitrogen and oxygen atoms in total. The Kier molecular flexibility index (Phi) is 4.28. The number of carbonyl (C=O) groups excluding carboxylic acids is 2. The number of aliphatic hydroxyl groups is 1. The van der Waals surface area contributed by atoms with Crippen molar-refractivity contribution in [2.75, 3.05) is 18.1 Å². The second-order valence-electron chi connectivity index (χ2n) is 8.24. The van der Waals surface area contributed by atoms with Crippen LogP contribution in [0.15, 0.2) is 35.4 Å². The van der Waals surface area contributed by atoms with Gasteiger partial charge in [-0.15, -0.1) is 0 Å². The molecule has 0 aromatic heterocycles. The normalized spacial score (nSPS) is 32.4. The molecule has 0 saturated carbocycles. The Morgan fingerprint density at radius 1 is 1.26 bits per heavy atom. The van der Waals surface area contributed by atoms with E-state index in [0.29, 0.717) is 30.6 Å². The first kappa shape index (κ1) is 18.4. The van der Waals surface area contributed by atoms with Gasteiger partial charge in [0.2, 0.25) is 0 Å². The number of Topliss-reactive ketones (excluding diaryl/α,β-unsaturated/α-hetero) is 2. The van der Waals surface area contributed by atoms with Crippen LogP contribution in [0.1, 0.15) is 52.0 Å². The number of ether oxygens (including phenoxy) is 1. The second-order valence-corrected chi connectivity index (χ2v) is 8.24. The van der Waals surface area contributed by atoms with Crippen molar-refractivity contribution in [3.8, 4) is 0 Å². The number of rotatable bonds is 5. The molecule has 1 aromatic rings. The number of anilines is 1. The summed E-state index contributed by atoms with van der Waals surface area (Å²) in [6.07, 6.45) is 2.51. The van der Waals surface area contributed by atoms with E-state index in [9.17, 15) is 14.7 Å². The predicted octanol–water partition coefficient (Wildman–Crippen LogP) is 3.11. The van der Waals surface area contributed by atoms with E-state index in [1.807, 2.05) is 29.2 Å². The molecular weight excluding hydrogens is 342 g/mol. The molecule has 0 unspecified atom stereocenters. The first-order valence-corrected chi connectivity index (χ1v) is 9.84. The van der Waals surface area contributed by atoms with Crippen LogP contribution in [0.2, 0.25) is 0 Å². The third-order valence-corrected chi connectivity index (χ3v) is 6.47. The van der Waals surface area contributed by atoms with Crippen molar-refractivity contribution in [2.24, 2.45) is 5.41 Å². The Hall–Kier alpha value is -1.98. The maximum atomic E-state index is 13.2. The summed E-state index contributed by atoms with van der Waals surface area (Å²) in [5.41, 5.74) is 0.754. The van der Waals surface area contributed by atoms with Crippen LogP contribution in [0.5, 0.6) is 0 Å². The van der Waals surface area contributed by atoms with Gasteiger partial charge in [0.1, 0.15) is 11.0 Å². The highest BCUT2D eigenvalue weighted by Crippen LogP contribution is 2.51. The molecule has 1 saturated heterocycles. The summed E-state index contributed by atoms with van der Waals surface area (Å²) in [5.74, 6) is -0.158. The molecule has 3 atom stereocenters. The summed E-state index contributed by atoms with van der Waals surface area (Å²) < 4.78 is 5.86. The fraction of sp³-hybridized carbons (Fsp3) is 0.545. The van der Waals surface area contributed by atoms with Crippen LogP contribution in [0.25, 0.3) is 0 Å². The third-order valence-electron chi connectivity index (χ3n) is 6.47. The van der Waals surface area contributed by atoms with Gasteiger partial charge in [-0.25, -0.2) is 0 Å². The molecule has 0 bridgehead atoms. The van der Waals surface area contributed by atoms with Gasteiger partial charge >= 0.3 is 0 Å². The minimum atomic E-state index is -1.13. The summed E-state index contributed by atoms with van der Waals surface area (Å²) in [6, 6.07) is 7.65. The quantitative estimate of drug-likeness (QED) is 0.808. The zero-order chi connectivity index (χ0) is 19.4. The number of carbonyl (C=O) groups is 2. The topological polar surface area (TPSA) is 66.8 Å². The van der Waals surface area contributed by atoms with Gasteiger partial charge in [0.15, 0.2) is 17.8 Å². The zero-order valence-electron chi connectivity index (χ0n) is 16.2. The number of fused-ring (bicyclic) bond motifs is 3. The molecule has 1 aromatic carbocycles. The number of nitrogens with zero attached hydrogens (tertiary/aromatic N) is 1. The van der Waals surface area contributed by atoms with Gasteiger partial charge in [0.05, 0.1) is 6.61 Å². The highest BCUT2D eigenvalue weighted by Gasteiger charge is 2.58. The van der Waals surface area contributed by atoms with Crippen molar-refractivity contribution < 1.29 is 19.4 Å². The zero-order valence-corrected chi connectivity index (χ0v) is 16.2. The van der Waals surface area contributed by atoms with Crippen molar-refractivity contribution in [3.05, 3.63) is 41.0 Å². The summed E-state index contributed by atoms with van der Waals surface area (Å²) in [7, 11) is 0. The van der Waals surface area contributed by atoms with Gasteiger partial charge in [0, 0.05) is 29.8 Å². The fourth-order valence-corrected chi connectivity index (χ4v) is 4.88. The number of allylic oxidation sites excluding steroid dienone is 2. The number of benzene rings is 1. The predicted molar refractivity (Wildman–Crippen MR) is 102 cm³/mol. The maximum Gasteiger partial charge on any atom is 0.174 e. The molecule has 0 radical (unpaired) electrons. The molecule has 0 amide bonds. The average molecular weight is 369 g/mol. The van der Waals surface area contributed by atoms with Crippen molar-refractivity contribution in [1.29, 1.82) is 0 Å². The maximum absolute atomic E-state index is 13.2. The van der Waals surface area contributed by atoms with Gasteiger partial charge in [0.25, 0.3) is 0 Å². The molecule has 4 rings (SSSR count). The van der Waals surface area contributed by atoms with Crippen LogP contribution in [-0.4, -0.2) is 36.1 Å². The molecule has 5 heteroatoms.